The summed E-state index contributed by atoms with van der Waals surface area (Å²) in [6.07, 6.45) is 0. The van der Waals surface area contributed by atoms with E-state index in [1.165, 1.54) is 0 Å². The predicted octanol–water partition coefficient (Wildman–Crippen LogP) is 1.22. The fourth-order valence-corrected chi connectivity index (χ4v) is 1.52. The van der Waals surface area contributed by atoms with Crippen molar-refractivity contribution in [3.63, 3.8) is 0 Å². The number of thiol groups is 1. The zero-order chi connectivity index (χ0) is 7.84. The number of hydrogen-bond donors (Lipinski definition) is 2. The van der Waals surface area contributed by atoms with Crippen molar-refractivity contribution in [2.45, 2.75) is 11.4 Å². The summed E-state index contributed by atoms with van der Waals surface area (Å²) in [5, 5.41) is 2.74. The van der Waals surface area contributed by atoms with Gasteiger partial charge in [0.25, 0.3) is 5.91 Å². The van der Waals surface area contributed by atoms with Crippen LogP contribution in [0.5, 0.6) is 0 Å². The minimum Gasteiger partial charge on any atom is -0.348 e. The Morgan fingerprint density at radius 1 is 1.45 bits per heavy atom. The van der Waals surface area contributed by atoms with Crippen molar-refractivity contribution in [1.82, 2.24) is 5.32 Å². The van der Waals surface area contributed by atoms with Crippen LogP contribution in [0.4, 0.5) is 0 Å². The van der Waals surface area contributed by atoms with Crippen LogP contribution in [-0.2, 0) is 6.54 Å². The van der Waals surface area contributed by atoms with Crippen LogP contribution in [0.1, 0.15) is 15.9 Å². The van der Waals surface area contributed by atoms with Crippen molar-refractivity contribution in [2.75, 3.05) is 0 Å². The molecule has 1 amide bonds. The molecule has 0 unspecified atom stereocenters. The molecule has 0 fully saturated rings. The van der Waals surface area contributed by atoms with Gasteiger partial charge in [-0.1, -0.05) is 6.07 Å². The molecule has 1 N–H and O–H groups in total. The molecule has 1 aliphatic rings. The quantitative estimate of drug-likeness (QED) is 0.556. The van der Waals surface area contributed by atoms with E-state index >= 15 is 0 Å². The first-order valence-electron chi connectivity index (χ1n) is 3.38. The van der Waals surface area contributed by atoms with E-state index in [0.29, 0.717) is 6.54 Å². The fraction of sp³-hybridized carbons (Fsp3) is 0.125. The lowest BCUT2D eigenvalue weighted by atomic mass is 10.1. The summed E-state index contributed by atoms with van der Waals surface area (Å²) in [5.74, 6) is 0.0101. The van der Waals surface area contributed by atoms with Gasteiger partial charge in [0.15, 0.2) is 0 Å². The minimum absolute atomic E-state index is 0.0101. The number of benzene rings is 1. The second-order valence-corrected chi connectivity index (χ2v) is 2.97. The smallest absolute Gasteiger partial charge is 0.251 e. The number of carbonyl (C=O) groups is 1. The van der Waals surface area contributed by atoms with E-state index in [1.807, 2.05) is 18.2 Å². The lowest BCUT2D eigenvalue weighted by molar-refractivity contribution is 0.0966. The molecule has 0 aromatic heterocycles. The van der Waals surface area contributed by atoms with Gasteiger partial charge in [-0.3, -0.25) is 4.79 Å². The second-order valence-electron chi connectivity index (χ2n) is 2.49. The Bertz CT molecular complexity index is 322. The number of rotatable bonds is 0. The van der Waals surface area contributed by atoms with Crippen LogP contribution in [-0.4, -0.2) is 5.91 Å². The van der Waals surface area contributed by atoms with Crippen LogP contribution in [0.3, 0.4) is 0 Å². The molecule has 3 heteroatoms. The van der Waals surface area contributed by atoms with Gasteiger partial charge in [0.05, 0.1) is 0 Å². The number of amides is 1. The van der Waals surface area contributed by atoms with Crippen LogP contribution in [0.15, 0.2) is 23.1 Å². The summed E-state index contributed by atoms with van der Waals surface area (Å²) >= 11 is 4.24. The molecular weight excluding hydrogens is 158 g/mol. The molecule has 0 spiro atoms. The van der Waals surface area contributed by atoms with E-state index in [0.717, 1.165) is 16.0 Å². The zero-order valence-corrected chi connectivity index (χ0v) is 6.69. The Morgan fingerprint density at radius 3 is 3.00 bits per heavy atom. The van der Waals surface area contributed by atoms with Crippen LogP contribution < -0.4 is 5.32 Å². The topological polar surface area (TPSA) is 29.1 Å². The SMILES string of the molecule is O=C1NCc2c(S)cccc21. The molecule has 2 rings (SSSR count). The lowest BCUT2D eigenvalue weighted by Crippen LogP contribution is -2.12. The Labute approximate surface area is 70.0 Å². The Hall–Kier alpha value is -0.960. The van der Waals surface area contributed by atoms with Crippen molar-refractivity contribution in [1.29, 1.82) is 0 Å². The largest absolute Gasteiger partial charge is 0.348 e. The first-order chi connectivity index (χ1) is 5.29. The van der Waals surface area contributed by atoms with Crippen molar-refractivity contribution < 1.29 is 4.79 Å². The molecule has 0 bridgehead atoms. The van der Waals surface area contributed by atoms with E-state index in [2.05, 4.69) is 17.9 Å². The van der Waals surface area contributed by atoms with Crippen molar-refractivity contribution in [2.24, 2.45) is 0 Å². The second kappa shape index (κ2) is 2.27. The minimum atomic E-state index is 0.0101. The summed E-state index contributed by atoms with van der Waals surface area (Å²) in [4.78, 5) is 12.0. The van der Waals surface area contributed by atoms with E-state index in [4.69, 9.17) is 0 Å². The third kappa shape index (κ3) is 0.922. The first-order valence-corrected chi connectivity index (χ1v) is 3.83. The average molecular weight is 165 g/mol. The molecule has 0 atom stereocenters. The molecule has 1 aromatic rings. The van der Waals surface area contributed by atoms with E-state index in [1.54, 1.807) is 0 Å². The average Bonchev–Trinajstić information content (AvgIpc) is 2.35. The Morgan fingerprint density at radius 2 is 2.27 bits per heavy atom. The maximum Gasteiger partial charge on any atom is 0.251 e. The Kier molecular flexibility index (Phi) is 1.39. The monoisotopic (exact) mass is 165 g/mol. The Balaban J connectivity index is 2.66. The number of carbonyl (C=O) groups excluding carboxylic acids is 1. The third-order valence-electron chi connectivity index (χ3n) is 1.82. The molecule has 1 aromatic carbocycles. The highest BCUT2D eigenvalue weighted by Gasteiger charge is 2.19. The van der Waals surface area contributed by atoms with Gasteiger partial charge < -0.3 is 5.32 Å². The van der Waals surface area contributed by atoms with Crippen LogP contribution in [0.25, 0.3) is 0 Å². The summed E-state index contributed by atoms with van der Waals surface area (Å²) < 4.78 is 0. The fourth-order valence-electron chi connectivity index (χ4n) is 1.24. The standard InChI is InChI=1S/C8H7NOS/c10-8-5-2-1-3-7(11)6(5)4-9-8/h1-3,11H,4H2,(H,9,10). The molecular formula is C8H7NOS. The summed E-state index contributed by atoms with van der Waals surface area (Å²) in [6.45, 7) is 0.619. The molecule has 56 valence electrons. The van der Waals surface area contributed by atoms with Crippen LogP contribution >= 0.6 is 12.6 Å². The molecule has 0 aliphatic carbocycles. The van der Waals surface area contributed by atoms with Gasteiger partial charge in [-0.05, 0) is 17.7 Å². The van der Waals surface area contributed by atoms with E-state index in [-0.39, 0.29) is 5.91 Å². The van der Waals surface area contributed by atoms with Gasteiger partial charge in [0, 0.05) is 17.0 Å². The zero-order valence-electron chi connectivity index (χ0n) is 5.79. The van der Waals surface area contributed by atoms with Crippen LogP contribution in [0.2, 0.25) is 0 Å². The molecule has 0 radical (unpaired) electrons. The van der Waals surface area contributed by atoms with Gasteiger partial charge in [0.2, 0.25) is 0 Å². The third-order valence-corrected chi connectivity index (χ3v) is 2.24. The van der Waals surface area contributed by atoms with Crippen molar-refractivity contribution in [3.05, 3.63) is 29.3 Å². The van der Waals surface area contributed by atoms with Crippen molar-refractivity contribution in [3.8, 4) is 0 Å². The summed E-state index contributed by atoms with van der Waals surface area (Å²) in [5.41, 5.74) is 1.78. The molecule has 0 saturated carbocycles. The number of fused-ring (bicyclic) bond motifs is 1. The van der Waals surface area contributed by atoms with E-state index in [9.17, 15) is 4.79 Å². The van der Waals surface area contributed by atoms with Gasteiger partial charge in [-0.15, -0.1) is 12.6 Å². The normalized spacial score (nSPS) is 14.5. The number of hydrogen-bond acceptors (Lipinski definition) is 2. The number of nitrogens with one attached hydrogen (secondary N) is 1. The maximum atomic E-state index is 11.1. The lowest BCUT2D eigenvalue weighted by Gasteiger charge is -1.97. The molecule has 0 saturated heterocycles. The molecule has 2 nitrogen and oxygen atoms in total. The van der Waals surface area contributed by atoms with Crippen molar-refractivity contribution >= 4 is 18.5 Å². The van der Waals surface area contributed by atoms with Crippen LogP contribution in [0, 0.1) is 0 Å². The highest BCUT2D eigenvalue weighted by Crippen LogP contribution is 2.21. The maximum absolute atomic E-state index is 11.1. The highest BCUT2D eigenvalue weighted by molar-refractivity contribution is 7.80. The van der Waals surface area contributed by atoms with Gasteiger partial charge in [-0.25, -0.2) is 0 Å². The summed E-state index contributed by atoms with van der Waals surface area (Å²) in [7, 11) is 0. The molecule has 11 heavy (non-hydrogen) atoms. The highest BCUT2D eigenvalue weighted by atomic mass is 32.1. The molecule has 1 aliphatic heterocycles. The molecule has 1 heterocycles. The summed E-state index contributed by atoms with van der Waals surface area (Å²) in [6, 6.07) is 5.55. The van der Waals surface area contributed by atoms with Gasteiger partial charge >= 0.3 is 0 Å². The van der Waals surface area contributed by atoms with E-state index < -0.39 is 0 Å². The predicted molar refractivity (Wildman–Crippen MR) is 44.9 cm³/mol. The van der Waals surface area contributed by atoms with Gasteiger partial charge in [0.1, 0.15) is 0 Å². The van der Waals surface area contributed by atoms with Gasteiger partial charge in [-0.2, -0.15) is 0 Å². The first kappa shape index (κ1) is 6.73.